The van der Waals surface area contributed by atoms with Gasteiger partial charge >= 0.3 is 6.18 Å². The molecule has 1 aliphatic heterocycles. The van der Waals surface area contributed by atoms with Crippen molar-refractivity contribution in [3.05, 3.63) is 46.9 Å². The van der Waals surface area contributed by atoms with Gasteiger partial charge in [-0.2, -0.15) is 18.2 Å². The van der Waals surface area contributed by atoms with E-state index < -0.39 is 17.8 Å². The second-order valence-electron chi connectivity index (χ2n) is 6.73. The maximum absolute atomic E-state index is 12.6. The lowest BCUT2D eigenvalue weighted by Crippen LogP contribution is -2.39. The Morgan fingerprint density at radius 3 is 2.75 bits per heavy atom. The van der Waals surface area contributed by atoms with Crippen molar-refractivity contribution in [2.45, 2.75) is 19.1 Å². The van der Waals surface area contributed by atoms with Gasteiger partial charge in [-0.25, -0.2) is 0 Å². The zero-order valence-electron chi connectivity index (χ0n) is 14.6. The first-order valence-electron chi connectivity index (χ1n) is 8.49. The molecule has 1 aromatic carbocycles. The number of halogens is 4. The Kier molecular flexibility index (Phi) is 4.49. The second kappa shape index (κ2) is 6.73. The molecule has 1 amide bonds. The molecular weight excluding hydrogens is 399 g/mol. The number of hydrogen-bond acceptors (Lipinski definition) is 5. The fraction of sp³-hybridized carbons (Fsp3) is 0.333. The molecular formula is C18H15ClF3N3O3. The van der Waals surface area contributed by atoms with Gasteiger partial charge in [-0.15, -0.1) is 0 Å². The molecule has 4 rings (SSSR count). The number of anilines is 1. The monoisotopic (exact) mass is 413 g/mol. The molecule has 28 heavy (non-hydrogen) atoms. The second-order valence-corrected chi connectivity index (χ2v) is 7.17. The smallest absolute Gasteiger partial charge is 0.446 e. The number of aromatic nitrogens is 1. The van der Waals surface area contributed by atoms with Crippen molar-refractivity contribution in [3.8, 4) is 0 Å². The Balaban J connectivity index is 1.46. The van der Waals surface area contributed by atoms with Crippen LogP contribution in [0, 0.1) is 5.92 Å². The van der Waals surface area contributed by atoms with Gasteiger partial charge in [0.15, 0.2) is 11.3 Å². The quantitative estimate of drug-likeness (QED) is 0.691. The van der Waals surface area contributed by atoms with Crippen LogP contribution in [-0.2, 0) is 6.18 Å². The lowest BCUT2D eigenvalue weighted by molar-refractivity contribution is -0.153. The molecule has 0 aliphatic carbocycles. The predicted octanol–water partition coefficient (Wildman–Crippen LogP) is 4.35. The zero-order chi connectivity index (χ0) is 20.1. The first kappa shape index (κ1) is 18.7. The molecule has 2 unspecified atom stereocenters. The number of fused-ring (bicyclic) bond motifs is 1. The van der Waals surface area contributed by atoms with Gasteiger partial charge in [-0.1, -0.05) is 18.5 Å². The van der Waals surface area contributed by atoms with Gasteiger partial charge in [0.05, 0.1) is 6.04 Å². The summed E-state index contributed by atoms with van der Waals surface area (Å²) in [6.45, 7) is 2.89. The molecule has 1 aliphatic rings. The maximum atomic E-state index is 12.6. The molecule has 3 aromatic rings. The van der Waals surface area contributed by atoms with Gasteiger partial charge in [0, 0.05) is 18.1 Å². The first-order chi connectivity index (χ1) is 13.2. The molecule has 0 radical (unpaired) electrons. The lowest BCUT2D eigenvalue weighted by Gasteiger charge is -2.15. The molecule has 3 heterocycles. The number of alkyl halides is 3. The molecule has 148 valence electrons. The van der Waals surface area contributed by atoms with Crippen molar-refractivity contribution in [2.75, 3.05) is 18.0 Å². The van der Waals surface area contributed by atoms with E-state index in [9.17, 15) is 18.0 Å². The van der Waals surface area contributed by atoms with Crippen LogP contribution < -0.4 is 10.2 Å². The fourth-order valence-corrected chi connectivity index (χ4v) is 3.35. The molecule has 0 spiro atoms. The number of nitrogens with zero attached hydrogens (tertiary/aromatic N) is 2. The van der Waals surface area contributed by atoms with Gasteiger partial charge in [-0.05, 0) is 36.2 Å². The van der Waals surface area contributed by atoms with Crippen molar-refractivity contribution in [1.29, 1.82) is 0 Å². The highest BCUT2D eigenvalue weighted by molar-refractivity contribution is 6.31. The highest BCUT2D eigenvalue weighted by Gasteiger charge is 2.37. The standard InChI is InChI=1S/C18H15ClF3N3O3/c1-9-7-25(17-24-11-6-10(19)2-3-13(11)28-17)8-12(9)23-16(26)14-4-5-15(27-14)18(20,21)22/h2-6,9,12H,7-8H2,1H3,(H,23,26). The maximum Gasteiger partial charge on any atom is 0.449 e. The summed E-state index contributed by atoms with van der Waals surface area (Å²) < 4.78 is 48.2. The van der Waals surface area contributed by atoms with Crippen LogP contribution in [0.25, 0.3) is 11.1 Å². The third-order valence-electron chi connectivity index (χ3n) is 4.65. The summed E-state index contributed by atoms with van der Waals surface area (Å²) in [6.07, 6.45) is -4.63. The van der Waals surface area contributed by atoms with Gasteiger partial charge < -0.3 is 19.1 Å². The van der Waals surface area contributed by atoms with E-state index in [2.05, 4.69) is 14.7 Å². The Morgan fingerprint density at radius 2 is 2.04 bits per heavy atom. The molecule has 1 N–H and O–H groups in total. The Morgan fingerprint density at radius 1 is 1.25 bits per heavy atom. The van der Waals surface area contributed by atoms with E-state index in [0.717, 1.165) is 12.1 Å². The first-order valence-corrected chi connectivity index (χ1v) is 8.87. The zero-order valence-corrected chi connectivity index (χ0v) is 15.3. The van der Waals surface area contributed by atoms with E-state index in [1.54, 1.807) is 18.2 Å². The van der Waals surface area contributed by atoms with Crippen LogP contribution in [0.4, 0.5) is 19.2 Å². The summed E-state index contributed by atoms with van der Waals surface area (Å²) in [5.41, 5.74) is 1.22. The van der Waals surface area contributed by atoms with Crippen LogP contribution >= 0.6 is 11.6 Å². The number of furan rings is 1. The Hall–Kier alpha value is -2.68. The van der Waals surface area contributed by atoms with Gasteiger partial charge in [0.25, 0.3) is 11.9 Å². The minimum Gasteiger partial charge on any atom is -0.446 e. The van der Waals surface area contributed by atoms with Crippen LogP contribution in [0.5, 0.6) is 0 Å². The van der Waals surface area contributed by atoms with Gasteiger partial charge in [0.2, 0.25) is 5.76 Å². The summed E-state index contributed by atoms with van der Waals surface area (Å²) >= 11 is 5.96. The Bertz CT molecular complexity index is 1030. The highest BCUT2D eigenvalue weighted by Crippen LogP contribution is 2.31. The van der Waals surface area contributed by atoms with Gasteiger partial charge in [0.1, 0.15) is 5.52 Å². The van der Waals surface area contributed by atoms with E-state index >= 15 is 0 Å². The van der Waals surface area contributed by atoms with Crippen LogP contribution in [0.15, 0.2) is 39.2 Å². The van der Waals surface area contributed by atoms with Crippen molar-refractivity contribution >= 4 is 34.6 Å². The predicted molar refractivity (Wildman–Crippen MR) is 95.4 cm³/mol. The molecule has 10 heteroatoms. The topological polar surface area (TPSA) is 71.5 Å². The summed E-state index contributed by atoms with van der Waals surface area (Å²) in [5, 5.41) is 3.27. The number of carbonyl (C=O) groups excluding carboxylic acids is 1. The number of oxazole rings is 1. The Labute approximate surface area is 162 Å². The summed E-state index contributed by atoms with van der Waals surface area (Å²) in [6, 6.07) is 6.97. The number of amides is 1. The molecule has 6 nitrogen and oxygen atoms in total. The van der Waals surface area contributed by atoms with E-state index in [-0.39, 0.29) is 17.7 Å². The normalized spacial score (nSPS) is 20.1. The van der Waals surface area contributed by atoms with Crippen LogP contribution in [0.2, 0.25) is 5.02 Å². The SMILES string of the molecule is CC1CN(c2nc3cc(Cl)ccc3o2)CC1NC(=O)c1ccc(C(F)(F)F)o1. The number of hydrogen-bond donors (Lipinski definition) is 1. The average Bonchev–Trinajstić information content (AvgIpc) is 3.32. The van der Waals surface area contributed by atoms with E-state index in [4.69, 9.17) is 16.0 Å². The van der Waals surface area contributed by atoms with E-state index in [0.29, 0.717) is 35.2 Å². The molecule has 1 fully saturated rings. The van der Waals surface area contributed by atoms with Crippen molar-refractivity contribution in [1.82, 2.24) is 10.3 Å². The van der Waals surface area contributed by atoms with Crippen molar-refractivity contribution in [2.24, 2.45) is 5.92 Å². The molecule has 1 saturated heterocycles. The fourth-order valence-electron chi connectivity index (χ4n) is 3.19. The molecule has 0 bridgehead atoms. The lowest BCUT2D eigenvalue weighted by atomic mass is 10.1. The minimum absolute atomic E-state index is 0.0274. The number of rotatable bonds is 3. The third kappa shape index (κ3) is 3.54. The number of benzene rings is 1. The van der Waals surface area contributed by atoms with Crippen LogP contribution in [0.3, 0.4) is 0 Å². The van der Waals surface area contributed by atoms with Crippen LogP contribution in [-0.4, -0.2) is 30.0 Å². The minimum atomic E-state index is -4.63. The molecule has 0 saturated carbocycles. The van der Waals surface area contributed by atoms with E-state index in [1.165, 1.54) is 0 Å². The van der Waals surface area contributed by atoms with E-state index in [1.807, 2.05) is 11.8 Å². The van der Waals surface area contributed by atoms with Gasteiger partial charge in [-0.3, -0.25) is 4.79 Å². The molecule has 2 aromatic heterocycles. The summed E-state index contributed by atoms with van der Waals surface area (Å²) in [7, 11) is 0. The summed E-state index contributed by atoms with van der Waals surface area (Å²) in [5.74, 6) is -2.25. The summed E-state index contributed by atoms with van der Waals surface area (Å²) in [4.78, 5) is 18.5. The van der Waals surface area contributed by atoms with Crippen molar-refractivity contribution < 1.29 is 26.8 Å². The average molecular weight is 414 g/mol. The number of carbonyl (C=O) groups is 1. The molecule has 2 atom stereocenters. The van der Waals surface area contributed by atoms with Crippen LogP contribution in [0.1, 0.15) is 23.2 Å². The van der Waals surface area contributed by atoms with Crippen molar-refractivity contribution in [3.63, 3.8) is 0 Å². The third-order valence-corrected chi connectivity index (χ3v) is 4.88. The highest BCUT2D eigenvalue weighted by atomic mass is 35.5. The number of nitrogens with one attached hydrogen (secondary N) is 1. The largest absolute Gasteiger partial charge is 0.449 e.